The van der Waals surface area contributed by atoms with Gasteiger partial charge in [0.1, 0.15) is 18.3 Å². The van der Waals surface area contributed by atoms with Crippen molar-refractivity contribution in [1.82, 2.24) is 9.55 Å². The van der Waals surface area contributed by atoms with Crippen molar-refractivity contribution in [1.29, 1.82) is 0 Å². The van der Waals surface area contributed by atoms with E-state index in [1.165, 1.54) is 18.5 Å². The SMILES string of the molecule is O=c1ncccn1C1OC(CO)[C@H](O)[C@@H]1O. The monoisotopic (exact) mass is 228 g/mol. The number of hydrogen-bond donors (Lipinski definition) is 3. The number of aromatic nitrogens is 2. The standard InChI is InChI=1S/C9H12N2O5/c12-4-5-6(13)7(14)8(16-5)11-3-1-2-10-9(11)15/h1-3,5-8,12-14H,4H2/t5?,6-,7-,8?/m0/s1. The summed E-state index contributed by atoms with van der Waals surface area (Å²) in [7, 11) is 0. The Morgan fingerprint density at radius 2 is 2.19 bits per heavy atom. The van der Waals surface area contributed by atoms with Crippen LogP contribution in [0.4, 0.5) is 0 Å². The molecule has 3 N–H and O–H groups in total. The van der Waals surface area contributed by atoms with Gasteiger partial charge in [-0.3, -0.25) is 4.57 Å². The van der Waals surface area contributed by atoms with Gasteiger partial charge < -0.3 is 20.1 Å². The molecule has 0 radical (unpaired) electrons. The molecule has 16 heavy (non-hydrogen) atoms. The number of rotatable bonds is 2. The molecule has 88 valence electrons. The normalized spacial score (nSPS) is 34.2. The molecule has 2 unspecified atom stereocenters. The summed E-state index contributed by atoms with van der Waals surface area (Å²) in [5, 5.41) is 28.1. The molecular formula is C9H12N2O5. The van der Waals surface area contributed by atoms with Crippen LogP contribution < -0.4 is 5.69 Å². The first-order valence-corrected chi connectivity index (χ1v) is 4.80. The molecule has 0 aromatic carbocycles. The second-order valence-electron chi connectivity index (χ2n) is 3.54. The van der Waals surface area contributed by atoms with Crippen molar-refractivity contribution >= 4 is 0 Å². The Balaban J connectivity index is 2.30. The van der Waals surface area contributed by atoms with E-state index >= 15 is 0 Å². The molecule has 1 fully saturated rings. The lowest BCUT2D eigenvalue weighted by Crippen LogP contribution is -2.35. The molecule has 2 heterocycles. The molecule has 7 heteroatoms. The van der Waals surface area contributed by atoms with Crippen LogP contribution in [0.2, 0.25) is 0 Å². The first-order valence-electron chi connectivity index (χ1n) is 4.80. The number of aliphatic hydroxyl groups is 3. The Kier molecular flexibility index (Phi) is 3.01. The van der Waals surface area contributed by atoms with Gasteiger partial charge in [0.2, 0.25) is 0 Å². The van der Waals surface area contributed by atoms with E-state index in [0.717, 1.165) is 4.57 Å². The Hall–Kier alpha value is -1.28. The van der Waals surface area contributed by atoms with Crippen LogP contribution in [-0.2, 0) is 4.74 Å². The predicted molar refractivity (Wildman–Crippen MR) is 51.5 cm³/mol. The third kappa shape index (κ3) is 1.74. The van der Waals surface area contributed by atoms with E-state index in [9.17, 15) is 15.0 Å². The van der Waals surface area contributed by atoms with Crippen molar-refractivity contribution in [3.8, 4) is 0 Å². The van der Waals surface area contributed by atoms with E-state index in [0.29, 0.717) is 0 Å². The molecule has 0 amide bonds. The zero-order valence-corrected chi connectivity index (χ0v) is 8.30. The summed E-state index contributed by atoms with van der Waals surface area (Å²) in [4.78, 5) is 14.9. The molecule has 0 aliphatic carbocycles. The zero-order valence-electron chi connectivity index (χ0n) is 8.30. The maximum Gasteiger partial charge on any atom is 0.349 e. The number of ether oxygens (including phenoxy) is 1. The van der Waals surface area contributed by atoms with Crippen LogP contribution in [0, 0.1) is 0 Å². The average molecular weight is 228 g/mol. The molecule has 0 saturated carbocycles. The van der Waals surface area contributed by atoms with Crippen LogP contribution in [0.1, 0.15) is 6.23 Å². The van der Waals surface area contributed by atoms with Crippen LogP contribution in [0.3, 0.4) is 0 Å². The highest BCUT2D eigenvalue weighted by molar-refractivity contribution is 4.92. The van der Waals surface area contributed by atoms with Gasteiger partial charge in [-0.25, -0.2) is 9.78 Å². The van der Waals surface area contributed by atoms with E-state index in [1.54, 1.807) is 0 Å². The summed E-state index contributed by atoms with van der Waals surface area (Å²) in [5.74, 6) is 0. The van der Waals surface area contributed by atoms with Crippen LogP contribution in [0.5, 0.6) is 0 Å². The highest BCUT2D eigenvalue weighted by Crippen LogP contribution is 2.27. The molecule has 0 spiro atoms. The summed E-state index contributed by atoms with van der Waals surface area (Å²) < 4.78 is 6.25. The number of aliphatic hydroxyl groups excluding tert-OH is 3. The fourth-order valence-electron chi connectivity index (χ4n) is 1.67. The van der Waals surface area contributed by atoms with Crippen molar-refractivity contribution in [2.24, 2.45) is 0 Å². The second kappa shape index (κ2) is 4.30. The smallest absolute Gasteiger partial charge is 0.349 e. The molecular weight excluding hydrogens is 216 g/mol. The fraction of sp³-hybridized carbons (Fsp3) is 0.556. The largest absolute Gasteiger partial charge is 0.394 e. The Morgan fingerprint density at radius 1 is 1.44 bits per heavy atom. The molecule has 1 aliphatic heterocycles. The maximum atomic E-state index is 11.4. The maximum absolute atomic E-state index is 11.4. The van der Waals surface area contributed by atoms with E-state index in [1.807, 2.05) is 0 Å². The zero-order chi connectivity index (χ0) is 11.7. The highest BCUT2D eigenvalue weighted by Gasteiger charge is 2.43. The van der Waals surface area contributed by atoms with E-state index in [2.05, 4.69) is 4.98 Å². The van der Waals surface area contributed by atoms with E-state index in [-0.39, 0.29) is 0 Å². The van der Waals surface area contributed by atoms with E-state index in [4.69, 9.17) is 9.84 Å². The minimum absolute atomic E-state index is 0.427. The van der Waals surface area contributed by atoms with Gasteiger partial charge in [-0.05, 0) is 6.07 Å². The molecule has 7 nitrogen and oxygen atoms in total. The molecule has 4 atom stereocenters. The summed E-state index contributed by atoms with van der Waals surface area (Å²) in [5.41, 5.74) is -0.586. The predicted octanol–water partition coefficient (Wildman–Crippen LogP) is -2.15. The lowest BCUT2D eigenvalue weighted by molar-refractivity contribution is -0.0549. The third-order valence-electron chi connectivity index (χ3n) is 2.53. The minimum atomic E-state index is -1.26. The van der Waals surface area contributed by atoms with Crippen molar-refractivity contribution < 1.29 is 20.1 Å². The third-order valence-corrected chi connectivity index (χ3v) is 2.53. The Labute approximate surface area is 90.6 Å². The van der Waals surface area contributed by atoms with Gasteiger partial charge in [-0.2, -0.15) is 0 Å². The van der Waals surface area contributed by atoms with Crippen LogP contribution in [0.25, 0.3) is 0 Å². The summed E-state index contributed by atoms with van der Waals surface area (Å²) in [6.45, 7) is -0.427. The van der Waals surface area contributed by atoms with Crippen molar-refractivity contribution in [2.45, 2.75) is 24.5 Å². The quantitative estimate of drug-likeness (QED) is 0.533. The minimum Gasteiger partial charge on any atom is -0.394 e. The van der Waals surface area contributed by atoms with Crippen LogP contribution >= 0.6 is 0 Å². The highest BCUT2D eigenvalue weighted by atomic mass is 16.6. The Morgan fingerprint density at radius 3 is 2.75 bits per heavy atom. The van der Waals surface area contributed by atoms with Crippen molar-refractivity contribution in [3.05, 3.63) is 28.9 Å². The van der Waals surface area contributed by atoms with Gasteiger partial charge in [-0.15, -0.1) is 0 Å². The molecule has 1 aromatic rings. The lowest BCUT2D eigenvalue weighted by atomic mass is 10.1. The average Bonchev–Trinajstić information content (AvgIpc) is 2.57. The summed E-state index contributed by atoms with van der Waals surface area (Å²) in [6, 6.07) is 1.51. The molecule has 0 bridgehead atoms. The number of hydrogen-bond acceptors (Lipinski definition) is 6. The van der Waals surface area contributed by atoms with Gasteiger partial charge in [0, 0.05) is 12.4 Å². The lowest BCUT2D eigenvalue weighted by Gasteiger charge is -2.16. The Bertz CT molecular complexity index is 420. The van der Waals surface area contributed by atoms with Crippen LogP contribution in [0.15, 0.2) is 23.3 Å². The molecule has 1 saturated heterocycles. The van der Waals surface area contributed by atoms with Gasteiger partial charge in [0.25, 0.3) is 0 Å². The second-order valence-corrected chi connectivity index (χ2v) is 3.54. The molecule has 2 rings (SSSR count). The van der Waals surface area contributed by atoms with Crippen molar-refractivity contribution in [2.75, 3.05) is 6.61 Å². The topological polar surface area (TPSA) is 105 Å². The first-order chi connectivity index (χ1) is 7.65. The molecule has 1 aliphatic rings. The summed E-state index contributed by atoms with van der Waals surface area (Å²) >= 11 is 0. The van der Waals surface area contributed by atoms with E-state index < -0.39 is 36.8 Å². The van der Waals surface area contributed by atoms with Crippen molar-refractivity contribution in [3.63, 3.8) is 0 Å². The van der Waals surface area contributed by atoms with Gasteiger partial charge in [-0.1, -0.05) is 0 Å². The van der Waals surface area contributed by atoms with Gasteiger partial charge in [0.15, 0.2) is 6.23 Å². The summed E-state index contributed by atoms with van der Waals surface area (Å²) in [6.07, 6.45) is -1.68. The first kappa shape index (κ1) is 11.2. The van der Waals surface area contributed by atoms with Gasteiger partial charge >= 0.3 is 5.69 Å². The van der Waals surface area contributed by atoms with Gasteiger partial charge in [0.05, 0.1) is 6.61 Å². The number of nitrogens with zero attached hydrogens (tertiary/aromatic N) is 2. The fourth-order valence-corrected chi connectivity index (χ4v) is 1.67. The molecule has 1 aromatic heterocycles. The van der Waals surface area contributed by atoms with Crippen LogP contribution in [-0.4, -0.2) is 49.8 Å².